The molecular formula is C21H30N4O. The second-order valence-corrected chi connectivity index (χ2v) is 7.63. The smallest absolute Gasteiger partial charge is 0.223 e. The van der Waals surface area contributed by atoms with Crippen molar-refractivity contribution in [2.24, 2.45) is 7.05 Å². The maximum absolute atomic E-state index is 13.0. The van der Waals surface area contributed by atoms with Crippen molar-refractivity contribution in [1.82, 2.24) is 19.8 Å². The predicted octanol–water partition coefficient (Wildman–Crippen LogP) is 3.21. The van der Waals surface area contributed by atoms with E-state index in [0.29, 0.717) is 12.3 Å². The van der Waals surface area contributed by atoms with Gasteiger partial charge in [-0.3, -0.25) is 4.79 Å². The summed E-state index contributed by atoms with van der Waals surface area (Å²) < 4.78 is 2.01. The summed E-state index contributed by atoms with van der Waals surface area (Å²) in [6.07, 6.45) is 4.26. The van der Waals surface area contributed by atoms with E-state index in [-0.39, 0.29) is 17.9 Å². The minimum absolute atomic E-state index is 0.00627. The Morgan fingerprint density at radius 2 is 1.92 bits per heavy atom. The Morgan fingerprint density at radius 3 is 2.54 bits per heavy atom. The van der Waals surface area contributed by atoms with E-state index in [4.69, 9.17) is 0 Å². The highest BCUT2D eigenvalue weighted by Crippen LogP contribution is 2.26. The van der Waals surface area contributed by atoms with Crippen LogP contribution in [0.4, 0.5) is 0 Å². The number of nitrogens with one attached hydrogen (secondary N) is 1. The zero-order valence-electron chi connectivity index (χ0n) is 16.3. The molecule has 0 spiro atoms. The van der Waals surface area contributed by atoms with E-state index >= 15 is 0 Å². The first-order chi connectivity index (χ1) is 12.5. The number of hydrogen-bond acceptors (Lipinski definition) is 3. The van der Waals surface area contributed by atoms with Gasteiger partial charge in [0.2, 0.25) is 5.91 Å². The molecule has 0 saturated carbocycles. The number of aromatic nitrogens is 2. The fourth-order valence-corrected chi connectivity index (χ4v) is 3.64. The van der Waals surface area contributed by atoms with Crippen molar-refractivity contribution in [1.29, 1.82) is 0 Å². The number of amides is 1. The molecule has 2 atom stereocenters. The van der Waals surface area contributed by atoms with Gasteiger partial charge in [-0.25, -0.2) is 4.98 Å². The van der Waals surface area contributed by atoms with Crippen LogP contribution < -0.4 is 5.32 Å². The quantitative estimate of drug-likeness (QED) is 0.897. The van der Waals surface area contributed by atoms with Crippen molar-refractivity contribution in [2.75, 3.05) is 19.6 Å². The van der Waals surface area contributed by atoms with Gasteiger partial charge in [-0.05, 0) is 23.0 Å². The zero-order chi connectivity index (χ0) is 18.7. The average molecular weight is 354 g/mol. The summed E-state index contributed by atoms with van der Waals surface area (Å²) in [5.41, 5.74) is 2.57. The summed E-state index contributed by atoms with van der Waals surface area (Å²) in [5, 5.41) is 3.39. The molecule has 0 radical (unpaired) electrons. The molecular weight excluding hydrogens is 324 g/mol. The van der Waals surface area contributed by atoms with Crippen LogP contribution in [0.25, 0.3) is 0 Å². The molecule has 1 N–H and O–H groups in total. The van der Waals surface area contributed by atoms with E-state index in [0.717, 1.165) is 25.5 Å². The van der Waals surface area contributed by atoms with Gasteiger partial charge in [-0.15, -0.1) is 0 Å². The third-order valence-corrected chi connectivity index (χ3v) is 5.37. The Balaban J connectivity index is 1.70. The third-order valence-electron chi connectivity index (χ3n) is 5.37. The number of piperazine rings is 1. The summed E-state index contributed by atoms with van der Waals surface area (Å²) in [6, 6.07) is 8.71. The van der Waals surface area contributed by atoms with Crippen LogP contribution in [-0.4, -0.2) is 40.0 Å². The van der Waals surface area contributed by atoms with Crippen LogP contribution in [0.2, 0.25) is 0 Å². The van der Waals surface area contributed by atoms with Crippen LogP contribution in [0.3, 0.4) is 0 Å². The largest absolute Gasteiger partial charge is 0.336 e. The monoisotopic (exact) mass is 354 g/mol. The van der Waals surface area contributed by atoms with E-state index in [9.17, 15) is 4.79 Å². The molecule has 2 unspecified atom stereocenters. The molecule has 1 aromatic carbocycles. The maximum Gasteiger partial charge on any atom is 0.223 e. The lowest BCUT2D eigenvalue weighted by atomic mass is 9.93. The van der Waals surface area contributed by atoms with Crippen LogP contribution in [0.5, 0.6) is 0 Å². The summed E-state index contributed by atoms with van der Waals surface area (Å²) in [5.74, 6) is 1.89. The second kappa shape index (κ2) is 8.04. The lowest BCUT2D eigenvalue weighted by Gasteiger charge is -2.36. The fourth-order valence-electron chi connectivity index (χ4n) is 3.64. The molecule has 5 heteroatoms. The highest BCUT2D eigenvalue weighted by molar-refractivity contribution is 5.77. The van der Waals surface area contributed by atoms with Crippen LogP contribution in [0.1, 0.15) is 62.0 Å². The second-order valence-electron chi connectivity index (χ2n) is 7.63. The van der Waals surface area contributed by atoms with Crippen molar-refractivity contribution in [3.63, 3.8) is 0 Å². The minimum Gasteiger partial charge on any atom is -0.336 e. The predicted molar refractivity (Wildman–Crippen MR) is 104 cm³/mol. The standard InChI is InChI=1S/C21H30N4O/c1-15(2)17-5-7-18(8-6-17)16(3)13-20(26)25-12-9-22-14-19(25)21-23-10-11-24(21)4/h5-8,10-11,15-16,19,22H,9,12-14H2,1-4H3. The van der Waals surface area contributed by atoms with Gasteiger partial charge >= 0.3 is 0 Å². The number of nitrogens with zero attached hydrogens (tertiary/aromatic N) is 3. The van der Waals surface area contributed by atoms with Gasteiger partial charge in [-0.1, -0.05) is 45.0 Å². The zero-order valence-corrected chi connectivity index (χ0v) is 16.3. The van der Waals surface area contributed by atoms with Gasteiger partial charge < -0.3 is 14.8 Å². The molecule has 140 valence electrons. The highest BCUT2D eigenvalue weighted by Gasteiger charge is 2.31. The Hall–Kier alpha value is -2.14. The lowest BCUT2D eigenvalue weighted by Crippen LogP contribution is -2.49. The van der Waals surface area contributed by atoms with Crippen LogP contribution >= 0.6 is 0 Å². The topological polar surface area (TPSA) is 50.2 Å². The number of hydrogen-bond donors (Lipinski definition) is 1. The molecule has 1 aliphatic heterocycles. The van der Waals surface area contributed by atoms with E-state index < -0.39 is 0 Å². The molecule has 1 amide bonds. The van der Waals surface area contributed by atoms with Gasteiger partial charge in [0, 0.05) is 45.5 Å². The van der Waals surface area contributed by atoms with Gasteiger partial charge in [0.15, 0.2) is 0 Å². The number of benzene rings is 1. The van der Waals surface area contributed by atoms with Crippen molar-refractivity contribution in [2.45, 2.75) is 45.1 Å². The van der Waals surface area contributed by atoms with E-state index in [1.165, 1.54) is 11.1 Å². The molecule has 1 aliphatic rings. The van der Waals surface area contributed by atoms with Crippen molar-refractivity contribution >= 4 is 5.91 Å². The van der Waals surface area contributed by atoms with Gasteiger partial charge in [-0.2, -0.15) is 0 Å². The summed E-state index contributed by atoms with van der Waals surface area (Å²) in [6.45, 7) is 8.86. The Labute approximate surface area is 156 Å². The Bertz CT molecular complexity index is 735. The lowest BCUT2D eigenvalue weighted by molar-refractivity contribution is -0.135. The van der Waals surface area contributed by atoms with Crippen molar-refractivity contribution in [3.05, 3.63) is 53.6 Å². The molecule has 3 rings (SSSR count). The number of carbonyl (C=O) groups excluding carboxylic acids is 1. The van der Waals surface area contributed by atoms with Crippen LogP contribution in [0.15, 0.2) is 36.7 Å². The SMILES string of the molecule is CC(C)c1ccc(C(C)CC(=O)N2CCNCC2c2nccn2C)cc1. The molecule has 5 nitrogen and oxygen atoms in total. The van der Waals surface area contributed by atoms with E-state index in [1.807, 2.05) is 22.7 Å². The molecule has 0 bridgehead atoms. The van der Waals surface area contributed by atoms with Gasteiger partial charge in [0.25, 0.3) is 0 Å². The number of imidazole rings is 1. The van der Waals surface area contributed by atoms with Crippen molar-refractivity contribution < 1.29 is 4.79 Å². The highest BCUT2D eigenvalue weighted by atomic mass is 16.2. The van der Waals surface area contributed by atoms with E-state index in [2.05, 4.69) is 55.3 Å². The normalized spacial score (nSPS) is 19.0. The first kappa shape index (κ1) is 18.6. The fraction of sp³-hybridized carbons (Fsp3) is 0.524. The summed E-state index contributed by atoms with van der Waals surface area (Å²) in [4.78, 5) is 19.5. The average Bonchev–Trinajstić information content (AvgIpc) is 3.07. The molecule has 0 aliphatic carbocycles. The maximum atomic E-state index is 13.0. The molecule has 1 saturated heterocycles. The number of rotatable bonds is 5. The number of carbonyl (C=O) groups is 1. The summed E-state index contributed by atoms with van der Waals surface area (Å²) in [7, 11) is 1.98. The molecule has 26 heavy (non-hydrogen) atoms. The summed E-state index contributed by atoms with van der Waals surface area (Å²) >= 11 is 0. The Kier molecular flexibility index (Phi) is 5.77. The van der Waals surface area contributed by atoms with Crippen molar-refractivity contribution in [3.8, 4) is 0 Å². The van der Waals surface area contributed by atoms with Gasteiger partial charge in [0.1, 0.15) is 11.9 Å². The molecule has 1 aromatic heterocycles. The first-order valence-corrected chi connectivity index (χ1v) is 9.54. The van der Waals surface area contributed by atoms with Crippen LogP contribution in [0, 0.1) is 0 Å². The van der Waals surface area contributed by atoms with Crippen LogP contribution in [-0.2, 0) is 11.8 Å². The van der Waals surface area contributed by atoms with E-state index in [1.54, 1.807) is 6.20 Å². The van der Waals surface area contributed by atoms with Gasteiger partial charge in [0.05, 0.1) is 0 Å². The minimum atomic E-state index is 0.00627. The third kappa shape index (κ3) is 3.98. The molecule has 2 aromatic rings. The molecule has 2 heterocycles. The first-order valence-electron chi connectivity index (χ1n) is 9.54. The number of aryl methyl sites for hydroxylation is 1. The Morgan fingerprint density at radius 1 is 1.23 bits per heavy atom. The molecule has 1 fully saturated rings.